The van der Waals surface area contributed by atoms with Crippen LogP contribution in [0.5, 0.6) is 0 Å². The van der Waals surface area contributed by atoms with E-state index in [1.54, 1.807) is 30.3 Å². The lowest BCUT2D eigenvalue weighted by atomic mass is 10.2. The van der Waals surface area contributed by atoms with Crippen molar-refractivity contribution in [3.05, 3.63) is 83.2 Å². The smallest absolute Gasteiger partial charge is 0.321 e. The monoisotopic (exact) mass is 408 g/mol. The van der Waals surface area contributed by atoms with Gasteiger partial charge in [-0.05, 0) is 17.7 Å². The molecule has 0 atom stereocenters. The van der Waals surface area contributed by atoms with Gasteiger partial charge >= 0.3 is 6.03 Å². The summed E-state index contributed by atoms with van der Waals surface area (Å²) in [5.41, 5.74) is 1.29. The average Bonchev–Trinajstić information content (AvgIpc) is 2.74. The fourth-order valence-electron chi connectivity index (χ4n) is 2.66. The van der Waals surface area contributed by atoms with Crippen molar-refractivity contribution in [3.8, 4) is 0 Å². The van der Waals surface area contributed by atoms with E-state index in [2.05, 4.69) is 22.2 Å². The van der Waals surface area contributed by atoms with Crippen molar-refractivity contribution in [1.82, 2.24) is 20.2 Å². The molecule has 3 aromatic rings. The summed E-state index contributed by atoms with van der Waals surface area (Å²) in [6.07, 6.45) is 1.60. The maximum atomic E-state index is 12.7. The molecule has 0 saturated heterocycles. The molecule has 0 aliphatic carbocycles. The lowest BCUT2D eigenvalue weighted by molar-refractivity contribution is -0.117. The third-order valence-electron chi connectivity index (χ3n) is 4.02. The first-order chi connectivity index (χ1) is 14.1. The van der Waals surface area contributed by atoms with Crippen LogP contribution < -0.4 is 16.2 Å². The zero-order valence-electron chi connectivity index (χ0n) is 15.6. The molecule has 0 aliphatic rings. The number of amides is 3. The van der Waals surface area contributed by atoms with Crippen molar-refractivity contribution >= 4 is 34.6 Å². The molecule has 8 heteroatoms. The minimum absolute atomic E-state index is 0.0549. The van der Waals surface area contributed by atoms with Crippen molar-refractivity contribution < 1.29 is 9.59 Å². The number of hydrogen-bond acceptors (Lipinski definition) is 5. The van der Waals surface area contributed by atoms with Gasteiger partial charge in [-0.3, -0.25) is 19.5 Å². The van der Waals surface area contributed by atoms with Crippen LogP contribution in [-0.4, -0.2) is 27.2 Å². The number of benzene rings is 2. The molecule has 148 valence electrons. The highest BCUT2D eigenvalue weighted by molar-refractivity contribution is 7.99. The van der Waals surface area contributed by atoms with Crippen molar-refractivity contribution in [2.24, 2.45) is 0 Å². The molecular weight excluding hydrogens is 388 g/mol. The van der Waals surface area contributed by atoms with Gasteiger partial charge < -0.3 is 5.32 Å². The Labute approximate surface area is 171 Å². The van der Waals surface area contributed by atoms with E-state index in [-0.39, 0.29) is 17.9 Å². The number of allylic oxidation sites excluding steroid dienone is 1. The van der Waals surface area contributed by atoms with Crippen LogP contribution in [0.25, 0.3) is 10.9 Å². The zero-order chi connectivity index (χ0) is 20.6. The van der Waals surface area contributed by atoms with Crippen molar-refractivity contribution in [3.63, 3.8) is 0 Å². The summed E-state index contributed by atoms with van der Waals surface area (Å²) in [4.78, 5) is 41.2. The molecule has 0 aliphatic heterocycles. The van der Waals surface area contributed by atoms with Gasteiger partial charge in [-0.15, -0.1) is 6.58 Å². The number of carbonyl (C=O) groups excluding carboxylic acids is 2. The Bertz CT molecular complexity index is 1100. The Morgan fingerprint density at radius 1 is 1.10 bits per heavy atom. The third kappa shape index (κ3) is 5.32. The molecule has 0 saturated carbocycles. The lowest BCUT2D eigenvalue weighted by Gasteiger charge is -2.11. The molecule has 2 aromatic carbocycles. The van der Waals surface area contributed by atoms with Crippen LogP contribution in [0.2, 0.25) is 0 Å². The Balaban J connectivity index is 1.62. The molecule has 1 aromatic heterocycles. The number of imide groups is 1. The first-order valence-electron chi connectivity index (χ1n) is 8.93. The van der Waals surface area contributed by atoms with E-state index in [4.69, 9.17) is 0 Å². The minimum Gasteiger partial charge on any atom is -0.334 e. The number of carbonyl (C=O) groups is 2. The number of para-hydroxylation sites is 1. The fourth-order valence-corrected chi connectivity index (χ4v) is 3.47. The Morgan fingerprint density at radius 2 is 1.83 bits per heavy atom. The topological polar surface area (TPSA) is 93.1 Å². The first kappa shape index (κ1) is 20.3. The second kappa shape index (κ2) is 9.70. The SMILES string of the molecule is C=CCn1c(SCC(=O)NC(=O)NCc2ccccc2)nc2ccccc2c1=O. The molecule has 2 N–H and O–H groups in total. The van der Waals surface area contributed by atoms with E-state index in [0.29, 0.717) is 22.6 Å². The second-order valence-electron chi connectivity index (χ2n) is 6.12. The minimum atomic E-state index is -0.575. The number of fused-ring (bicyclic) bond motifs is 1. The zero-order valence-corrected chi connectivity index (χ0v) is 16.4. The van der Waals surface area contributed by atoms with E-state index in [1.807, 2.05) is 30.3 Å². The second-order valence-corrected chi connectivity index (χ2v) is 7.06. The van der Waals surface area contributed by atoms with Gasteiger partial charge in [0.15, 0.2) is 5.16 Å². The van der Waals surface area contributed by atoms with Crippen LogP contribution in [0.3, 0.4) is 0 Å². The van der Waals surface area contributed by atoms with E-state index < -0.39 is 11.9 Å². The molecule has 0 spiro atoms. The molecule has 0 unspecified atom stereocenters. The lowest BCUT2D eigenvalue weighted by Crippen LogP contribution is -2.40. The third-order valence-corrected chi connectivity index (χ3v) is 5.00. The summed E-state index contributed by atoms with van der Waals surface area (Å²) in [6.45, 7) is 4.26. The van der Waals surface area contributed by atoms with Crippen LogP contribution in [0, 0.1) is 0 Å². The quantitative estimate of drug-likeness (QED) is 0.356. The number of aromatic nitrogens is 2. The maximum absolute atomic E-state index is 12.7. The van der Waals surface area contributed by atoms with Gasteiger partial charge in [0.25, 0.3) is 5.56 Å². The van der Waals surface area contributed by atoms with Crippen LogP contribution in [0.4, 0.5) is 4.79 Å². The largest absolute Gasteiger partial charge is 0.334 e. The molecule has 7 nitrogen and oxygen atoms in total. The maximum Gasteiger partial charge on any atom is 0.321 e. The highest BCUT2D eigenvalue weighted by Gasteiger charge is 2.13. The van der Waals surface area contributed by atoms with Crippen LogP contribution in [-0.2, 0) is 17.9 Å². The molecule has 29 heavy (non-hydrogen) atoms. The van der Waals surface area contributed by atoms with E-state index in [0.717, 1.165) is 17.3 Å². The normalized spacial score (nSPS) is 10.5. The van der Waals surface area contributed by atoms with Crippen LogP contribution in [0.1, 0.15) is 5.56 Å². The summed E-state index contributed by atoms with van der Waals surface area (Å²) in [7, 11) is 0. The predicted octanol–water partition coefficient (Wildman–Crippen LogP) is 2.70. The Hall–Kier alpha value is -3.39. The molecule has 0 fully saturated rings. The van der Waals surface area contributed by atoms with Crippen molar-refractivity contribution in [2.45, 2.75) is 18.2 Å². The molecule has 0 radical (unpaired) electrons. The van der Waals surface area contributed by atoms with E-state index in [1.165, 1.54) is 4.57 Å². The highest BCUT2D eigenvalue weighted by Crippen LogP contribution is 2.17. The van der Waals surface area contributed by atoms with Gasteiger partial charge in [-0.1, -0.05) is 60.3 Å². The number of nitrogens with one attached hydrogen (secondary N) is 2. The van der Waals surface area contributed by atoms with Crippen molar-refractivity contribution in [1.29, 1.82) is 0 Å². The van der Waals surface area contributed by atoms with E-state index in [9.17, 15) is 14.4 Å². The van der Waals surface area contributed by atoms with Gasteiger partial charge in [0, 0.05) is 13.1 Å². The standard InChI is InChI=1S/C21H20N4O3S/c1-2-12-25-19(27)16-10-6-7-11-17(16)23-21(25)29-14-18(26)24-20(28)22-13-15-8-4-3-5-9-15/h2-11H,1,12-14H2,(H2,22,24,26,28). The summed E-state index contributed by atoms with van der Waals surface area (Å²) in [6, 6.07) is 15.8. The first-order valence-corrected chi connectivity index (χ1v) is 9.92. The molecule has 1 heterocycles. The number of hydrogen-bond donors (Lipinski definition) is 2. The molecule has 3 amide bonds. The van der Waals surface area contributed by atoms with Crippen LogP contribution in [0.15, 0.2) is 77.2 Å². The summed E-state index contributed by atoms with van der Waals surface area (Å²) < 4.78 is 1.46. The van der Waals surface area contributed by atoms with Crippen molar-refractivity contribution in [2.75, 3.05) is 5.75 Å². The fraction of sp³-hybridized carbons (Fsp3) is 0.143. The summed E-state index contributed by atoms with van der Waals surface area (Å²) in [5, 5.41) is 5.81. The molecule has 0 bridgehead atoms. The number of thioether (sulfide) groups is 1. The van der Waals surface area contributed by atoms with Gasteiger partial charge in [0.1, 0.15) is 0 Å². The van der Waals surface area contributed by atoms with Gasteiger partial charge in [-0.25, -0.2) is 9.78 Å². The molecule has 3 rings (SSSR count). The Kier molecular flexibility index (Phi) is 6.80. The number of rotatable bonds is 7. The van der Waals surface area contributed by atoms with Crippen LogP contribution >= 0.6 is 11.8 Å². The summed E-state index contributed by atoms with van der Waals surface area (Å²) in [5.74, 6) is -0.533. The van der Waals surface area contributed by atoms with Gasteiger partial charge in [0.2, 0.25) is 5.91 Å². The highest BCUT2D eigenvalue weighted by atomic mass is 32.2. The van der Waals surface area contributed by atoms with E-state index >= 15 is 0 Å². The molecular formula is C21H20N4O3S. The number of nitrogens with zero attached hydrogens (tertiary/aromatic N) is 2. The van der Waals surface area contributed by atoms with Gasteiger partial charge in [-0.2, -0.15) is 0 Å². The average molecular weight is 408 g/mol. The predicted molar refractivity (Wildman–Crippen MR) is 114 cm³/mol. The summed E-state index contributed by atoms with van der Waals surface area (Å²) >= 11 is 1.09. The number of urea groups is 1. The Morgan fingerprint density at radius 3 is 2.59 bits per heavy atom. The van der Waals surface area contributed by atoms with Gasteiger partial charge in [0.05, 0.1) is 16.7 Å².